The van der Waals surface area contributed by atoms with Gasteiger partial charge < -0.3 is 0 Å². The van der Waals surface area contributed by atoms with Gasteiger partial charge in [0.05, 0.1) is 10.5 Å². The predicted octanol–water partition coefficient (Wildman–Crippen LogP) is 1.93. The van der Waals surface area contributed by atoms with Crippen LogP contribution in [0.3, 0.4) is 0 Å². The summed E-state index contributed by atoms with van der Waals surface area (Å²) in [5.41, 5.74) is 8.19. The number of azide groups is 1. The fourth-order valence-corrected chi connectivity index (χ4v) is 2.66. The predicted molar refractivity (Wildman–Crippen MR) is 69.6 cm³/mol. The zero-order valence-corrected chi connectivity index (χ0v) is 11.0. The van der Waals surface area contributed by atoms with Gasteiger partial charge in [0.1, 0.15) is 6.07 Å². The van der Waals surface area contributed by atoms with Crippen molar-refractivity contribution < 1.29 is 8.42 Å². The van der Waals surface area contributed by atoms with E-state index in [1.165, 1.54) is 12.1 Å². The fraction of sp³-hybridized carbons (Fsp3) is 0.364. The van der Waals surface area contributed by atoms with Crippen LogP contribution in [0.5, 0.6) is 0 Å². The molecule has 1 aromatic carbocycles. The molecule has 0 aliphatic carbocycles. The van der Waals surface area contributed by atoms with E-state index in [0.29, 0.717) is 19.4 Å². The SMILES string of the molecule is N#Cc1ccccc1S(=O)(=O)NCCCCN=[N+]=[N-]. The van der Waals surface area contributed by atoms with Crippen molar-refractivity contribution in [1.82, 2.24) is 4.72 Å². The van der Waals surface area contributed by atoms with Gasteiger partial charge in [-0.1, -0.05) is 17.2 Å². The molecular formula is C11H13N5O2S. The molecule has 0 bridgehead atoms. The molecule has 0 aliphatic rings. The highest BCUT2D eigenvalue weighted by Gasteiger charge is 2.16. The summed E-state index contributed by atoms with van der Waals surface area (Å²) >= 11 is 0. The Bertz CT molecular complexity index is 614. The van der Waals surface area contributed by atoms with E-state index in [2.05, 4.69) is 14.7 Å². The van der Waals surface area contributed by atoms with Crippen LogP contribution in [0.1, 0.15) is 18.4 Å². The summed E-state index contributed by atoms with van der Waals surface area (Å²) in [7, 11) is -3.67. The van der Waals surface area contributed by atoms with E-state index in [-0.39, 0.29) is 17.0 Å². The lowest BCUT2D eigenvalue weighted by Crippen LogP contribution is -2.25. The Kier molecular flexibility index (Phi) is 5.82. The topological polar surface area (TPSA) is 119 Å². The van der Waals surface area contributed by atoms with E-state index >= 15 is 0 Å². The second-order valence-corrected chi connectivity index (χ2v) is 5.40. The van der Waals surface area contributed by atoms with E-state index in [0.717, 1.165) is 0 Å². The molecular weight excluding hydrogens is 266 g/mol. The molecule has 0 aromatic heterocycles. The van der Waals surface area contributed by atoms with Gasteiger partial charge in [0.2, 0.25) is 10.0 Å². The van der Waals surface area contributed by atoms with Crippen LogP contribution in [0.4, 0.5) is 0 Å². The summed E-state index contributed by atoms with van der Waals surface area (Å²) in [6.07, 6.45) is 1.17. The maximum absolute atomic E-state index is 12.0. The first-order valence-corrected chi connectivity index (χ1v) is 7.10. The fourth-order valence-electron chi connectivity index (χ4n) is 1.43. The lowest BCUT2D eigenvalue weighted by molar-refractivity contribution is 0.577. The van der Waals surface area contributed by atoms with Gasteiger partial charge >= 0.3 is 0 Å². The van der Waals surface area contributed by atoms with Crippen molar-refractivity contribution in [2.75, 3.05) is 13.1 Å². The van der Waals surface area contributed by atoms with Gasteiger partial charge in [-0.25, -0.2) is 13.1 Å². The molecule has 0 aliphatic heterocycles. The van der Waals surface area contributed by atoms with Crippen molar-refractivity contribution >= 4 is 10.0 Å². The number of unbranched alkanes of at least 4 members (excludes halogenated alkanes) is 1. The first-order chi connectivity index (χ1) is 9.11. The Labute approximate surface area is 111 Å². The van der Waals surface area contributed by atoms with Crippen LogP contribution in [0.2, 0.25) is 0 Å². The van der Waals surface area contributed by atoms with E-state index in [1.54, 1.807) is 12.1 Å². The highest BCUT2D eigenvalue weighted by atomic mass is 32.2. The molecule has 100 valence electrons. The minimum Gasteiger partial charge on any atom is -0.211 e. The Hall–Kier alpha value is -2.07. The zero-order chi connectivity index (χ0) is 14.1. The lowest BCUT2D eigenvalue weighted by Gasteiger charge is -2.07. The first-order valence-electron chi connectivity index (χ1n) is 5.61. The third-order valence-corrected chi connectivity index (χ3v) is 3.86. The molecule has 0 saturated heterocycles. The smallest absolute Gasteiger partial charge is 0.211 e. The van der Waals surface area contributed by atoms with Gasteiger partial charge in [0.15, 0.2) is 0 Å². The number of sulfonamides is 1. The Balaban J connectivity index is 2.62. The number of nitrogens with zero attached hydrogens (tertiary/aromatic N) is 4. The Morgan fingerprint density at radius 1 is 1.37 bits per heavy atom. The van der Waals surface area contributed by atoms with Crippen molar-refractivity contribution in [2.45, 2.75) is 17.7 Å². The normalized spacial score (nSPS) is 10.5. The average molecular weight is 279 g/mol. The molecule has 0 saturated carbocycles. The van der Waals surface area contributed by atoms with Gasteiger partial charge in [-0.3, -0.25) is 0 Å². The molecule has 19 heavy (non-hydrogen) atoms. The molecule has 0 heterocycles. The quantitative estimate of drug-likeness (QED) is 0.355. The number of nitrogens with one attached hydrogen (secondary N) is 1. The average Bonchev–Trinajstić information content (AvgIpc) is 2.42. The van der Waals surface area contributed by atoms with Crippen molar-refractivity contribution in [1.29, 1.82) is 5.26 Å². The van der Waals surface area contributed by atoms with Crippen LogP contribution >= 0.6 is 0 Å². The van der Waals surface area contributed by atoms with Gasteiger partial charge in [-0.05, 0) is 30.5 Å². The number of benzene rings is 1. The molecule has 0 fully saturated rings. The molecule has 1 rings (SSSR count). The van der Waals surface area contributed by atoms with Gasteiger partial charge in [0.25, 0.3) is 0 Å². The van der Waals surface area contributed by atoms with Crippen molar-refractivity contribution in [2.24, 2.45) is 5.11 Å². The number of nitriles is 1. The summed E-state index contributed by atoms with van der Waals surface area (Å²) < 4.78 is 26.3. The van der Waals surface area contributed by atoms with Crippen LogP contribution < -0.4 is 4.72 Å². The van der Waals surface area contributed by atoms with Crippen LogP contribution in [-0.2, 0) is 10.0 Å². The van der Waals surface area contributed by atoms with E-state index in [1.807, 2.05) is 6.07 Å². The van der Waals surface area contributed by atoms with E-state index in [9.17, 15) is 8.42 Å². The van der Waals surface area contributed by atoms with Crippen LogP contribution in [0.25, 0.3) is 10.4 Å². The standard InChI is InChI=1S/C11H13N5O2S/c12-9-10-5-1-2-6-11(10)19(17,18)15-8-4-3-7-14-16-13/h1-2,5-6,15H,3-4,7-8H2. The molecule has 0 atom stereocenters. The third-order valence-electron chi connectivity index (χ3n) is 2.34. The number of hydrogen-bond donors (Lipinski definition) is 1. The number of hydrogen-bond acceptors (Lipinski definition) is 4. The maximum Gasteiger partial charge on any atom is 0.241 e. The van der Waals surface area contributed by atoms with Gasteiger partial charge in [-0.2, -0.15) is 5.26 Å². The Morgan fingerprint density at radius 3 is 2.79 bits per heavy atom. The third kappa shape index (κ3) is 4.60. The first kappa shape index (κ1) is 15.0. The highest BCUT2D eigenvalue weighted by Crippen LogP contribution is 2.13. The lowest BCUT2D eigenvalue weighted by atomic mass is 10.2. The second-order valence-electron chi connectivity index (χ2n) is 3.67. The van der Waals surface area contributed by atoms with Crippen molar-refractivity contribution in [3.63, 3.8) is 0 Å². The molecule has 8 heteroatoms. The monoisotopic (exact) mass is 279 g/mol. The molecule has 1 aromatic rings. The molecule has 0 spiro atoms. The highest BCUT2D eigenvalue weighted by molar-refractivity contribution is 7.89. The summed E-state index contributed by atoms with van der Waals surface area (Å²) in [5, 5.41) is 12.2. The second kappa shape index (κ2) is 7.38. The summed E-state index contributed by atoms with van der Waals surface area (Å²) in [6.45, 7) is 0.579. The minimum atomic E-state index is -3.67. The Morgan fingerprint density at radius 2 is 2.11 bits per heavy atom. The van der Waals surface area contributed by atoms with Crippen LogP contribution in [0.15, 0.2) is 34.3 Å². The van der Waals surface area contributed by atoms with Crippen molar-refractivity contribution in [3.8, 4) is 6.07 Å². The summed E-state index contributed by atoms with van der Waals surface area (Å²) in [6, 6.07) is 7.87. The van der Waals surface area contributed by atoms with Crippen molar-refractivity contribution in [3.05, 3.63) is 40.3 Å². The van der Waals surface area contributed by atoms with Crippen LogP contribution in [-0.4, -0.2) is 21.5 Å². The van der Waals surface area contributed by atoms with Gasteiger partial charge in [0, 0.05) is 18.0 Å². The van der Waals surface area contributed by atoms with Crippen LogP contribution in [0, 0.1) is 11.3 Å². The van der Waals surface area contributed by atoms with E-state index < -0.39 is 10.0 Å². The maximum atomic E-state index is 12.0. The molecule has 0 unspecified atom stereocenters. The number of rotatable bonds is 7. The van der Waals surface area contributed by atoms with E-state index in [4.69, 9.17) is 10.8 Å². The molecule has 0 amide bonds. The van der Waals surface area contributed by atoms with Gasteiger partial charge in [-0.15, -0.1) is 0 Å². The molecule has 1 N–H and O–H groups in total. The molecule has 7 nitrogen and oxygen atoms in total. The summed E-state index contributed by atoms with van der Waals surface area (Å²) in [4.78, 5) is 2.58. The largest absolute Gasteiger partial charge is 0.241 e. The minimum absolute atomic E-state index is 0.0208. The molecule has 0 radical (unpaired) electrons. The summed E-state index contributed by atoms with van der Waals surface area (Å²) in [5.74, 6) is 0. The zero-order valence-electron chi connectivity index (χ0n) is 10.2.